The van der Waals surface area contributed by atoms with E-state index >= 15 is 0 Å². The number of thioether (sulfide) groups is 1. The van der Waals surface area contributed by atoms with Crippen molar-refractivity contribution in [2.45, 2.75) is 51.9 Å². The van der Waals surface area contributed by atoms with Crippen molar-refractivity contribution >= 4 is 23.1 Å². The number of aryl methyl sites for hydroxylation is 1. The standard InChI is InChI=1S/C14H22OS2/c1-14(2,3)6-4-11(15)13-8-10-9-16-7-5-12(10)17-13/h8,11,15H,4-7,9H2,1-3H3. The minimum absolute atomic E-state index is 0.255. The van der Waals surface area contributed by atoms with Crippen LogP contribution in [-0.2, 0) is 12.2 Å². The van der Waals surface area contributed by atoms with E-state index in [-0.39, 0.29) is 6.10 Å². The Labute approximate surface area is 113 Å². The van der Waals surface area contributed by atoms with E-state index in [4.69, 9.17) is 0 Å². The number of fused-ring (bicyclic) bond motifs is 1. The first-order valence-corrected chi connectivity index (χ1v) is 8.30. The molecule has 0 spiro atoms. The fraction of sp³-hybridized carbons (Fsp3) is 0.714. The minimum Gasteiger partial charge on any atom is -0.388 e. The Morgan fingerprint density at radius 3 is 2.82 bits per heavy atom. The average molecular weight is 270 g/mol. The lowest BCUT2D eigenvalue weighted by Crippen LogP contribution is -2.07. The molecule has 1 aliphatic heterocycles. The van der Waals surface area contributed by atoms with Crippen LogP contribution in [0.1, 0.15) is 55.0 Å². The quantitative estimate of drug-likeness (QED) is 0.878. The van der Waals surface area contributed by atoms with Crippen LogP contribution >= 0.6 is 23.1 Å². The van der Waals surface area contributed by atoms with Crippen molar-refractivity contribution in [2.75, 3.05) is 5.75 Å². The normalized spacial score (nSPS) is 17.9. The lowest BCUT2D eigenvalue weighted by Gasteiger charge is -2.19. The Balaban J connectivity index is 1.99. The van der Waals surface area contributed by atoms with Gasteiger partial charge in [-0.2, -0.15) is 11.8 Å². The summed E-state index contributed by atoms with van der Waals surface area (Å²) >= 11 is 3.84. The molecule has 1 N–H and O–H groups in total. The third-order valence-corrected chi connectivity index (χ3v) is 5.49. The van der Waals surface area contributed by atoms with E-state index in [1.54, 1.807) is 0 Å². The molecule has 1 aromatic heterocycles. The minimum atomic E-state index is -0.255. The molecule has 0 aromatic carbocycles. The van der Waals surface area contributed by atoms with Gasteiger partial charge in [-0.25, -0.2) is 0 Å². The lowest BCUT2D eigenvalue weighted by molar-refractivity contribution is 0.151. The maximum Gasteiger partial charge on any atom is 0.0882 e. The van der Waals surface area contributed by atoms with Gasteiger partial charge in [0.25, 0.3) is 0 Å². The Hall–Kier alpha value is 0.01000. The number of hydrogen-bond donors (Lipinski definition) is 1. The zero-order valence-electron chi connectivity index (χ0n) is 11.0. The second kappa shape index (κ2) is 5.33. The van der Waals surface area contributed by atoms with Crippen LogP contribution in [0.2, 0.25) is 0 Å². The van der Waals surface area contributed by atoms with Crippen molar-refractivity contribution in [1.29, 1.82) is 0 Å². The van der Waals surface area contributed by atoms with Crippen molar-refractivity contribution in [3.8, 4) is 0 Å². The molecule has 96 valence electrons. The van der Waals surface area contributed by atoms with Gasteiger partial charge < -0.3 is 5.11 Å². The Morgan fingerprint density at radius 2 is 2.18 bits per heavy atom. The lowest BCUT2D eigenvalue weighted by atomic mass is 9.89. The largest absolute Gasteiger partial charge is 0.388 e. The molecular weight excluding hydrogens is 248 g/mol. The highest BCUT2D eigenvalue weighted by Gasteiger charge is 2.19. The molecule has 0 aliphatic carbocycles. The van der Waals surface area contributed by atoms with Crippen LogP contribution in [0.3, 0.4) is 0 Å². The molecule has 3 heteroatoms. The zero-order chi connectivity index (χ0) is 12.5. The maximum absolute atomic E-state index is 10.2. The topological polar surface area (TPSA) is 20.2 Å². The van der Waals surface area contributed by atoms with Gasteiger partial charge in [0.1, 0.15) is 0 Å². The molecule has 1 aromatic rings. The highest BCUT2D eigenvalue weighted by atomic mass is 32.2. The van der Waals surface area contributed by atoms with Crippen LogP contribution in [-0.4, -0.2) is 10.9 Å². The highest BCUT2D eigenvalue weighted by Crippen LogP contribution is 2.36. The van der Waals surface area contributed by atoms with Gasteiger partial charge in [-0.1, -0.05) is 20.8 Å². The third-order valence-electron chi connectivity index (χ3n) is 3.14. The van der Waals surface area contributed by atoms with Gasteiger partial charge in [0.15, 0.2) is 0 Å². The van der Waals surface area contributed by atoms with Gasteiger partial charge in [-0.3, -0.25) is 0 Å². The summed E-state index contributed by atoms with van der Waals surface area (Å²) in [5.41, 5.74) is 1.78. The van der Waals surface area contributed by atoms with Gasteiger partial charge in [0.05, 0.1) is 6.10 Å². The molecule has 0 bridgehead atoms. The van der Waals surface area contributed by atoms with E-state index < -0.39 is 0 Å². The summed E-state index contributed by atoms with van der Waals surface area (Å²) < 4.78 is 0. The molecule has 1 aliphatic rings. The van der Waals surface area contributed by atoms with Gasteiger partial charge in [-0.05, 0) is 42.1 Å². The van der Waals surface area contributed by atoms with Crippen LogP contribution in [0.15, 0.2) is 6.07 Å². The van der Waals surface area contributed by atoms with Crippen LogP contribution in [0.4, 0.5) is 0 Å². The van der Waals surface area contributed by atoms with E-state index in [0.29, 0.717) is 5.41 Å². The number of aliphatic hydroxyl groups is 1. The van der Waals surface area contributed by atoms with Crippen LogP contribution in [0.5, 0.6) is 0 Å². The van der Waals surface area contributed by atoms with E-state index in [9.17, 15) is 5.11 Å². The molecule has 0 fully saturated rings. The Bertz CT molecular complexity index is 353. The van der Waals surface area contributed by atoms with Crippen molar-refractivity contribution in [1.82, 2.24) is 0 Å². The molecule has 2 heterocycles. The van der Waals surface area contributed by atoms with E-state index in [2.05, 4.69) is 26.8 Å². The summed E-state index contributed by atoms with van der Waals surface area (Å²) in [5, 5.41) is 10.2. The second-order valence-corrected chi connectivity index (χ2v) is 8.29. The predicted molar refractivity (Wildman–Crippen MR) is 77.8 cm³/mol. The molecule has 0 amide bonds. The smallest absolute Gasteiger partial charge is 0.0882 e. The van der Waals surface area contributed by atoms with E-state index in [1.807, 2.05) is 23.1 Å². The monoisotopic (exact) mass is 270 g/mol. The summed E-state index contributed by atoms with van der Waals surface area (Å²) in [5.74, 6) is 2.38. The second-order valence-electron chi connectivity index (χ2n) is 6.01. The summed E-state index contributed by atoms with van der Waals surface area (Å²) in [6.45, 7) is 6.70. The van der Waals surface area contributed by atoms with Gasteiger partial charge in [0.2, 0.25) is 0 Å². The summed E-state index contributed by atoms with van der Waals surface area (Å²) in [6.07, 6.45) is 2.90. The molecule has 0 radical (unpaired) electrons. The van der Waals surface area contributed by atoms with Crippen molar-refractivity contribution in [3.05, 3.63) is 21.4 Å². The summed E-state index contributed by atoms with van der Waals surface area (Å²) in [7, 11) is 0. The fourth-order valence-corrected chi connectivity index (χ4v) is 4.44. The Kier molecular flexibility index (Phi) is 4.22. The molecule has 0 saturated carbocycles. The van der Waals surface area contributed by atoms with E-state index in [1.165, 1.54) is 27.5 Å². The SMILES string of the molecule is CC(C)(C)CCC(O)c1cc2c(s1)CCSC2. The average Bonchev–Trinajstić information content (AvgIpc) is 2.68. The molecule has 2 rings (SSSR count). The number of hydrogen-bond acceptors (Lipinski definition) is 3. The summed E-state index contributed by atoms with van der Waals surface area (Å²) in [6, 6.07) is 2.24. The molecule has 17 heavy (non-hydrogen) atoms. The van der Waals surface area contributed by atoms with Gasteiger partial charge >= 0.3 is 0 Å². The first-order valence-electron chi connectivity index (χ1n) is 6.33. The third kappa shape index (κ3) is 3.73. The zero-order valence-corrected chi connectivity index (χ0v) is 12.6. The van der Waals surface area contributed by atoms with Crippen molar-refractivity contribution < 1.29 is 5.11 Å². The van der Waals surface area contributed by atoms with Gasteiger partial charge in [-0.15, -0.1) is 11.3 Å². The van der Waals surface area contributed by atoms with Crippen LogP contribution < -0.4 is 0 Å². The first kappa shape index (κ1) is 13.4. The molecule has 0 saturated heterocycles. The van der Waals surface area contributed by atoms with Crippen molar-refractivity contribution in [2.24, 2.45) is 5.41 Å². The Morgan fingerprint density at radius 1 is 1.41 bits per heavy atom. The highest BCUT2D eigenvalue weighted by molar-refractivity contribution is 7.98. The van der Waals surface area contributed by atoms with Crippen LogP contribution in [0.25, 0.3) is 0 Å². The number of thiophene rings is 1. The summed E-state index contributed by atoms with van der Waals surface area (Å²) in [4.78, 5) is 2.69. The van der Waals surface area contributed by atoms with E-state index in [0.717, 1.165) is 18.6 Å². The molecule has 1 unspecified atom stereocenters. The fourth-order valence-electron chi connectivity index (χ4n) is 2.05. The van der Waals surface area contributed by atoms with Gasteiger partial charge in [0, 0.05) is 15.5 Å². The first-order chi connectivity index (χ1) is 7.96. The predicted octanol–water partition coefficient (Wildman–Crippen LogP) is 4.40. The molecule has 1 nitrogen and oxygen atoms in total. The van der Waals surface area contributed by atoms with Crippen LogP contribution in [0, 0.1) is 5.41 Å². The number of rotatable bonds is 3. The molecule has 1 atom stereocenters. The number of aliphatic hydroxyl groups excluding tert-OH is 1. The molecular formula is C14H22OS2. The maximum atomic E-state index is 10.2. The van der Waals surface area contributed by atoms with Crippen molar-refractivity contribution in [3.63, 3.8) is 0 Å².